The number of nitrogens with two attached hydrogens (primary N) is 1. The number of H-pyrrole nitrogens is 2. The number of anilines is 3. The van der Waals surface area contributed by atoms with Crippen LogP contribution >= 0.6 is 11.6 Å². The van der Waals surface area contributed by atoms with Gasteiger partial charge in [0.25, 0.3) is 11.8 Å². The smallest absolute Gasteiger partial charge is 0.257 e. The lowest BCUT2D eigenvalue weighted by Gasteiger charge is -2.09. The number of carbonyl (C=O) groups excluding carboxylic acids is 2. The molecule has 43 heavy (non-hydrogen) atoms. The number of hydrogen-bond acceptors (Lipinski definition) is 8. The summed E-state index contributed by atoms with van der Waals surface area (Å²) in [4.78, 5) is 35.6. The van der Waals surface area contributed by atoms with Crippen LogP contribution in [-0.2, 0) is 0 Å². The first-order valence-corrected chi connectivity index (χ1v) is 13.5. The minimum absolute atomic E-state index is 0.133. The minimum atomic E-state index is -0.325. The molecule has 0 aliphatic rings. The third-order valence-electron chi connectivity index (χ3n) is 6.56. The van der Waals surface area contributed by atoms with Crippen molar-refractivity contribution < 1.29 is 14.7 Å². The van der Waals surface area contributed by atoms with E-state index in [1.807, 2.05) is 0 Å². The number of para-hydroxylation sites is 2. The number of carbonyl (C=O) groups is 2. The van der Waals surface area contributed by atoms with Gasteiger partial charge in [0.2, 0.25) is 5.88 Å². The highest BCUT2D eigenvalue weighted by atomic mass is 35.5. The molecular weight excluding hydrogens is 570 g/mol. The van der Waals surface area contributed by atoms with E-state index in [2.05, 4.69) is 47.7 Å². The van der Waals surface area contributed by atoms with E-state index in [-0.39, 0.29) is 23.4 Å². The fourth-order valence-corrected chi connectivity index (χ4v) is 4.56. The van der Waals surface area contributed by atoms with Gasteiger partial charge in [-0.2, -0.15) is 5.11 Å². The first-order chi connectivity index (χ1) is 20.7. The molecule has 0 saturated heterocycles. The molecule has 0 fully saturated rings. The van der Waals surface area contributed by atoms with Crippen LogP contribution < -0.4 is 32.3 Å². The predicted molar refractivity (Wildman–Crippen MR) is 168 cm³/mol. The Labute approximate surface area is 250 Å². The number of nitrogens with one attached hydrogen (secondary N) is 5. The second-order valence-corrected chi connectivity index (χ2v) is 9.97. The molecule has 0 bridgehead atoms. The Morgan fingerprint density at radius 2 is 1.93 bits per heavy atom. The van der Waals surface area contributed by atoms with E-state index in [1.165, 1.54) is 12.4 Å². The minimum Gasteiger partial charge on any atom is -0.493 e. The van der Waals surface area contributed by atoms with Crippen molar-refractivity contribution >= 4 is 70.0 Å². The van der Waals surface area contributed by atoms with E-state index in [9.17, 15) is 14.7 Å². The maximum absolute atomic E-state index is 12.9. The number of nitrogen functional groups attached to an aromatic ring is 1. The van der Waals surface area contributed by atoms with Gasteiger partial charge in [0.15, 0.2) is 5.69 Å². The van der Waals surface area contributed by atoms with E-state index >= 15 is 0 Å². The summed E-state index contributed by atoms with van der Waals surface area (Å²) in [5, 5.41) is 29.2. The van der Waals surface area contributed by atoms with Gasteiger partial charge in [-0.3, -0.25) is 9.59 Å². The summed E-state index contributed by atoms with van der Waals surface area (Å²) in [6.07, 6.45) is 2.89. The second-order valence-electron chi connectivity index (χ2n) is 9.53. The Hall–Kier alpha value is -5.62. The number of benzene rings is 2. The Morgan fingerprint density at radius 3 is 2.70 bits per heavy atom. The summed E-state index contributed by atoms with van der Waals surface area (Å²) in [7, 11) is 0. The third-order valence-corrected chi connectivity index (χ3v) is 6.80. The summed E-state index contributed by atoms with van der Waals surface area (Å²) in [5.41, 5.74) is 9.19. The van der Waals surface area contributed by atoms with Gasteiger partial charge in [-0.1, -0.05) is 30.3 Å². The molecule has 0 saturated carbocycles. The molecule has 13 heteroatoms. The lowest BCUT2D eigenvalue weighted by Crippen LogP contribution is -2.34. The second kappa shape index (κ2) is 12.5. The number of azo groups is 1. The Balaban J connectivity index is 1.16. The van der Waals surface area contributed by atoms with Crippen LogP contribution in [0.2, 0.25) is 5.02 Å². The lowest BCUT2D eigenvalue weighted by molar-refractivity contribution is 0.0953. The van der Waals surface area contributed by atoms with Gasteiger partial charge in [-0.25, -0.2) is 4.98 Å². The van der Waals surface area contributed by atoms with Gasteiger partial charge in [0, 0.05) is 40.6 Å². The Morgan fingerprint density at radius 1 is 1.12 bits per heavy atom. The Kier molecular flexibility index (Phi) is 8.39. The zero-order chi connectivity index (χ0) is 30.5. The van der Waals surface area contributed by atoms with Crippen molar-refractivity contribution in [3.05, 3.63) is 93.2 Å². The van der Waals surface area contributed by atoms with Crippen LogP contribution in [0.4, 0.5) is 22.9 Å². The monoisotopic (exact) mass is 597 g/mol. The molecule has 0 atom stereocenters. The van der Waals surface area contributed by atoms with E-state index in [0.29, 0.717) is 73.6 Å². The summed E-state index contributed by atoms with van der Waals surface area (Å²) in [5.74, 6) is -0.215. The number of nitrogens with zero attached hydrogens (tertiary/aromatic N) is 3. The molecule has 2 aromatic carbocycles. The average molecular weight is 598 g/mol. The molecular formula is C30H28ClN9O3. The van der Waals surface area contributed by atoms with Crippen LogP contribution in [0.1, 0.15) is 26.4 Å². The van der Waals surface area contributed by atoms with Crippen molar-refractivity contribution in [3.63, 3.8) is 0 Å². The number of hydrogen-bond donors (Lipinski definition) is 7. The number of amides is 2. The first-order valence-electron chi connectivity index (χ1n) is 13.1. The van der Waals surface area contributed by atoms with Gasteiger partial charge in [-0.05, 0) is 49.4 Å². The molecule has 12 nitrogen and oxygen atoms in total. The predicted octanol–water partition coefficient (Wildman–Crippen LogP) is 4.17. The molecule has 3 aromatic heterocycles. The normalized spacial score (nSPS) is 11.7. The van der Waals surface area contributed by atoms with Crippen LogP contribution in [0.25, 0.3) is 23.7 Å². The molecule has 2 amide bonds. The molecule has 0 unspecified atom stereocenters. The molecule has 3 heterocycles. The maximum atomic E-state index is 12.9. The number of pyridine rings is 1. The fourth-order valence-electron chi connectivity index (χ4n) is 4.39. The van der Waals surface area contributed by atoms with Crippen LogP contribution in [-0.4, -0.2) is 45.0 Å². The van der Waals surface area contributed by atoms with Crippen molar-refractivity contribution in [3.8, 4) is 5.88 Å². The van der Waals surface area contributed by atoms with E-state index in [4.69, 9.17) is 17.3 Å². The standard InChI is InChI=1S/C30H28ClN9O3/c1-16-24(15-36-40-27-20-13-19(31)8-9-22(20)38-30(27)43)37-17(2)26(16)29(42)34-12-11-33-25-10-7-18(14-35-25)28(41)39-23-6-4-3-5-21(23)32/h3-10,13-15,37-38,43H,1,11-12,32H2,2H3,(H,33,35)(H,34,42)(H,39,41). The summed E-state index contributed by atoms with van der Waals surface area (Å²) >= 11 is 6.07. The highest BCUT2D eigenvalue weighted by Gasteiger charge is 2.14. The maximum Gasteiger partial charge on any atom is 0.257 e. The van der Waals surface area contributed by atoms with Gasteiger partial charge in [0.1, 0.15) is 5.82 Å². The molecule has 0 aliphatic heterocycles. The number of aryl methyl sites for hydroxylation is 1. The lowest BCUT2D eigenvalue weighted by atomic mass is 10.2. The number of rotatable bonds is 9. The quantitative estimate of drug-likeness (QED) is 0.0759. The van der Waals surface area contributed by atoms with Crippen molar-refractivity contribution in [1.82, 2.24) is 20.3 Å². The van der Waals surface area contributed by atoms with Crippen molar-refractivity contribution in [1.29, 1.82) is 0 Å². The molecule has 5 aromatic rings. The average Bonchev–Trinajstić information content (AvgIpc) is 3.45. The Bertz CT molecular complexity index is 1960. The van der Waals surface area contributed by atoms with E-state index in [0.717, 1.165) is 0 Å². The molecule has 218 valence electrons. The summed E-state index contributed by atoms with van der Waals surface area (Å²) in [6, 6.07) is 15.4. The van der Waals surface area contributed by atoms with Crippen LogP contribution in [0.15, 0.2) is 71.0 Å². The molecule has 5 rings (SSSR count). The van der Waals surface area contributed by atoms with E-state index < -0.39 is 0 Å². The zero-order valence-electron chi connectivity index (χ0n) is 23.0. The van der Waals surface area contributed by atoms with Crippen molar-refractivity contribution in [2.24, 2.45) is 10.2 Å². The summed E-state index contributed by atoms with van der Waals surface area (Å²) < 4.78 is 0. The van der Waals surface area contributed by atoms with Crippen LogP contribution in [0.3, 0.4) is 0 Å². The topological polar surface area (TPSA) is 186 Å². The highest BCUT2D eigenvalue weighted by Crippen LogP contribution is 2.36. The number of halogens is 1. The number of aromatic amines is 2. The van der Waals surface area contributed by atoms with Crippen LogP contribution in [0.5, 0.6) is 5.88 Å². The number of aromatic nitrogens is 3. The molecule has 0 radical (unpaired) electrons. The van der Waals surface area contributed by atoms with Gasteiger partial charge >= 0.3 is 0 Å². The molecule has 8 N–H and O–H groups in total. The van der Waals surface area contributed by atoms with E-state index in [1.54, 1.807) is 61.5 Å². The molecule has 0 spiro atoms. The number of fused-ring (bicyclic) bond motifs is 1. The molecule has 0 aliphatic carbocycles. The largest absolute Gasteiger partial charge is 0.493 e. The number of aromatic hydroxyl groups is 1. The van der Waals surface area contributed by atoms with Crippen molar-refractivity contribution in [2.75, 3.05) is 29.5 Å². The van der Waals surface area contributed by atoms with Crippen molar-refractivity contribution in [2.45, 2.75) is 6.92 Å². The fraction of sp³-hybridized carbons (Fsp3) is 0.100. The summed E-state index contributed by atoms with van der Waals surface area (Å²) in [6.45, 7) is 6.49. The first kappa shape index (κ1) is 28.9. The zero-order valence-corrected chi connectivity index (χ0v) is 23.8. The van der Waals surface area contributed by atoms with Gasteiger partial charge < -0.3 is 36.8 Å². The van der Waals surface area contributed by atoms with Crippen LogP contribution in [0, 0.1) is 6.92 Å². The SMILES string of the molecule is C=c1c(C(=O)NCCNc2ccc(C(=O)Nc3ccccc3N)cn2)c(C)[nH]c1=CN=Nc1c(O)[nH]c2ccc(Cl)cc12. The highest BCUT2D eigenvalue weighted by molar-refractivity contribution is 6.31. The third kappa shape index (κ3) is 6.49. The van der Waals surface area contributed by atoms with Gasteiger partial charge in [-0.15, -0.1) is 5.11 Å². The van der Waals surface area contributed by atoms with Gasteiger partial charge in [0.05, 0.1) is 39.6 Å².